The smallest absolute Gasteiger partial charge is 0.374 e. The number of morpholine rings is 1. The molecule has 11 heteroatoms. The van der Waals surface area contributed by atoms with E-state index in [2.05, 4.69) is 46.4 Å². The second-order valence-electron chi connectivity index (χ2n) is 13.0. The largest absolute Gasteiger partial charge is 0.427 e. The second kappa shape index (κ2) is 10.6. The Morgan fingerprint density at radius 2 is 1.77 bits per heavy atom. The van der Waals surface area contributed by atoms with E-state index >= 15 is 0 Å². The van der Waals surface area contributed by atoms with Crippen LogP contribution in [0, 0.1) is 17.8 Å². The SMILES string of the molecule is CC1CCC(C(C)n2c(N3CCOC4CCCC43)nc3nc(C4NOC(=O)N4)nc(N[C@H](C)C4CCC4)c32)CC1. The van der Waals surface area contributed by atoms with Crippen molar-refractivity contribution in [1.82, 2.24) is 30.3 Å². The minimum atomic E-state index is -0.620. The van der Waals surface area contributed by atoms with Gasteiger partial charge in [0.25, 0.3) is 0 Å². The first-order valence-electron chi connectivity index (χ1n) is 15.6. The van der Waals surface area contributed by atoms with E-state index in [-0.39, 0.29) is 18.2 Å². The third-order valence-electron chi connectivity index (χ3n) is 10.4. The standard InChI is InChI=1S/C29H44N8O3/c1-16-10-12-20(13-11-16)18(3)37-23-24(30-17(2)19-6-4-7-19)31-26(27-34-29(38)40-35-27)32-25(23)33-28(37)36-14-15-39-22-9-5-8-21(22)36/h16-22,27,35H,4-15H2,1-3H3,(H,34,38)(H,30,31,32)/t16?,17-,18?,20?,21?,22?,27?/m1/s1. The quantitative estimate of drug-likeness (QED) is 0.444. The number of fused-ring (bicyclic) bond motifs is 2. The van der Waals surface area contributed by atoms with Gasteiger partial charge in [-0.25, -0.2) is 14.8 Å². The predicted octanol–water partition coefficient (Wildman–Crippen LogP) is 4.81. The van der Waals surface area contributed by atoms with Crippen LogP contribution in [-0.4, -0.2) is 57.0 Å². The van der Waals surface area contributed by atoms with Crippen molar-refractivity contribution in [3.8, 4) is 0 Å². The van der Waals surface area contributed by atoms with E-state index in [9.17, 15) is 4.79 Å². The number of hydrogen-bond donors (Lipinski definition) is 3. The molecule has 1 amide bonds. The molecule has 0 spiro atoms. The fourth-order valence-electron chi connectivity index (χ4n) is 7.66. The molecule has 3 N–H and O–H groups in total. The lowest BCUT2D eigenvalue weighted by Gasteiger charge is -2.40. The van der Waals surface area contributed by atoms with E-state index in [1.165, 1.54) is 51.4 Å². The Bertz CT molecular complexity index is 1240. The van der Waals surface area contributed by atoms with Crippen LogP contribution in [0.4, 0.5) is 16.6 Å². The van der Waals surface area contributed by atoms with Gasteiger partial charge in [0.1, 0.15) is 5.52 Å². The molecule has 5 aliphatic rings. The van der Waals surface area contributed by atoms with Gasteiger partial charge in [0.2, 0.25) is 5.95 Å². The lowest BCUT2D eigenvalue weighted by Crippen LogP contribution is -2.50. The molecular formula is C29H44N8O3. The molecule has 11 nitrogen and oxygen atoms in total. The lowest BCUT2D eigenvalue weighted by molar-refractivity contribution is 0.0245. The third-order valence-corrected chi connectivity index (χ3v) is 10.4. The maximum absolute atomic E-state index is 11.8. The van der Waals surface area contributed by atoms with E-state index < -0.39 is 12.3 Å². The lowest BCUT2D eigenvalue weighted by atomic mass is 9.79. The predicted molar refractivity (Wildman–Crippen MR) is 152 cm³/mol. The summed E-state index contributed by atoms with van der Waals surface area (Å²) < 4.78 is 8.66. The highest BCUT2D eigenvalue weighted by molar-refractivity contribution is 5.86. The van der Waals surface area contributed by atoms with Crippen molar-refractivity contribution in [2.45, 2.75) is 115 Å². The zero-order chi connectivity index (χ0) is 27.4. The van der Waals surface area contributed by atoms with Gasteiger partial charge < -0.3 is 24.4 Å². The molecular weight excluding hydrogens is 508 g/mol. The van der Waals surface area contributed by atoms with Gasteiger partial charge in [0.15, 0.2) is 23.5 Å². The van der Waals surface area contributed by atoms with Crippen molar-refractivity contribution in [2.24, 2.45) is 17.8 Å². The van der Waals surface area contributed by atoms with E-state index in [4.69, 9.17) is 24.5 Å². The number of nitrogens with one attached hydrogen (secondary N) is 3. The Hall–Kier alpha value is -2.66. The first-order valence-corrected chi connectivity index (χ1v) is 15.6. The highest BCUT2D eigenvalue weighted by Gasteiger charge is 2.40. The number of hydrogen-bond acceptors (Lipinski definition) is 9. The highest BCUT2D eigenvalue weighted by atomic mass is 16.7. The number of nitrogens with zero attached hydrogens (tertiary/aromatic N) is 5. The van der Waals surface area contributed by atoms with E-state index in [0.29, 0.717) is 29.3 Å². The van der Waals surface area contributed by atoms with Crippen LogP contribution in [0.5, 0.6) is 0 Å². The molecule has 0 aromatic carbocycles. The van der Waals surface area contributed by atoms with Crippen molar-refractivity contribution < 1.29 is 14.4 Å². The molecule has 3 saturated carbocycles. The minimum absolute atomic E-state index is 0.261. The summed E-state index contributed by atoms with van der Waals surface area (Å²) in [5, 5.41) is 6.56. The van der Waals surface area contributed by atoms with Gasteiger partial charge in [0, 0.05) is 18.6 Å². The summed E-state index contributed by atoms with van der Waals surface area (Å²) >= 11 is 0. The monoisotopic (exact) mass is 552 g/mol. The molecule has 2 saturated heterocycles. The fraction of sp³-hybridized carbons (Fsp3) is 0.793. The minimum Gasteiger partial charge on any atom is -0.374 e. The van der Waals surface area contributed by atoms with Crippen LogP contribution >= 0.6 is 0 Å². The van der Waals surface area contributed by atoms with Crippen LogP contribution < -0.4 is 21.0 Å². The molecule has 2 aliphatic heterocycles. The number of rotatable bonds is 7. The highest BCUT2D eigenvalue weighted by Crippen LogP contribution is 2.43. The van der Waals surface area contributed by atoms with Gasteiger partial charge in [-0.05, 0) is 76.5 Å². The molecule has 40 heavy (non-hydrogen) atoms. The number of amides is 1. The Kier molecular flexibility index (Phi) is 6.98. The number of ether oxygens (including phenoxy) is 1. The van der Waals surface area contributed by atoms with Crippen molar-refractivity contribution in [2.75, 3.05) is 23.4 Å². The molecule has 4 unspecified atom stereocenters. The van der Waals surface area contributed by atoms with Crippen LogP contribution in [0.1, 0.15) is 103 Å². The molecule has 4 heterocycles. The zero-order valence-corrected chi connectivity index (χ0v) is 24.1. The van der Waals surface area contributed by atoms with E-state index in [1.54, 1.807) is 0 Å². The zero-order valence-electron chi connectivity index (χ0n) is 24.1. The van der Waals surface area contributed by atoms with Crippen LogP contribution in [0.3, 0.4) is 0 Å². The number of hydroxylamine groups is 1. The summed E-state index contributed by atoms with van der Waals surface area (Å²) in [4.78, 5) is 34.6. The number of carbonyl (C=O) groups excluding carboxylic acids is 1. The molecule has 0 bridgehead atoms. The number of carbonyl (C=O) groups is 1. The van der Waals surface area contributed by atoms with Crippen LogP contribution in [-0.2, 0) is 9.57 Å². The third kappa shape index (κ3) is 4.68. The Morgan fingerprint density at radius 3 is 2.50 bits per heavy atom. The molecule has 3 aliphatic carbocycles. The summed E-state index contributed by atoms with van der Waals surface area (Å²) in [5.74, 6) is 4.25. The maximum atomic E-state index is 11.8. The van der Waals surface area contributed by atoms with Gasteiger partial charge in [-0.2, -0.15) is 4.98 Å². The van der Waals surface area contributed by atoms with Gasteiger partial charge in [-0.1, -0.05) is 26.2 Å². The Balaban J connectivity index is 1.36. The van der Waals surface area contributed by atoms with Gasteiger partial charge >= 0.3 is 6.09 Å². The van der Waals surface area contributed by atoms with Crippen LogP contribution in [0.2, 0.25) is 0 Å². The van der Waals surface area contributed by atoms with E-state index in [1.807, 2.05) is 0 Å². The van der Waals surface area contributed by atoms with Crippen molar-refractivity contribution in [3.63, 3.8) is 0 Å². The van der Waals surface area contributed by atoms with Gasteiger partial charge in [-0.3, -0.25) is 5.32 Å². The molecule has 5 fully saturated rings. The number of imidazole rings is 1. The molecule has 7 rings (SSSR count). The first-order chi connectivity index (χ1) is 19.5. The van der Waals surface area contributed by atoms with Crippen molar-refractivity contribution in [3.05, 3.63) is 5.82 Å². The van der Waals surface area contributed by atoms with Crippen LogP contribution in [0.25, 0.3) is 11.2 Å². The van der Waals surface area contributed by atoms with E-state index in [0.717, 1.165) is 49.2 Å². The Morgan fingerprint density at radius 1 is 0.975 bits per heavy atom. The summed E-state index contributed by atoms with van der Waals surface area (Å²) in [6.07, 6.45) is 11.3. The summed E-state index contributed by atoms with van der Waals surface area (Å²) in [6.45, 7) is 8.56. The maximum Gasteiger partial charge on any atom is 0.427 e. The molecule has 0 radical (unpaired) electrons. The summed E-state index contributed by atoms with van der Waals surface area (Å²) in [6, 6.07) is 0.879. The average molecular weight is 553 g/mol. The van der Waals surface area contributed by atoms with Crippen molar-refractivity contribution in [1.29, 1.82) is 0 Å². The van der Waals surface area contributed by atoms with Crippen molar-refractivity contribution >= 4 is 29.0 Å². The second-order valence-corrected chi connectivity index (χ2v) is 13.0. The molecule has 5 atom stereocenters. The average Bonchev–Trinajstić information content (AvgIpc) is 3.65. The summed E-state index contributed by atoms with van der Waals surface area (Å²) in [7, 11) is 0. The summed E-state index contributed by atoms with van der Waals surface area (Å²) in [5.41, 5.74) is 4.38. The van der Waals surface area contributed by atoms with Gasteiger partial charge in [-0.15, -0.1) is 5.48 Å². The molecule has 218 valence electrons. The fourth-order valence-corrected chi connectivity index (χ4v) is 7.66. The molecule has 2 aromatic rings. The normalized spacial score (nSPS) is 32.3. The number of anilines is 2. The Labute approximate surface area is 236 Å². The van der Waals surface area contributed by atoms with Gasteiger partial charge in [0.05, 0.1) is 18.8 Å². The topological polar surface area (TPSA) is 118 Å². The number of aromatic nitrogens is 4. The first kappa shape index (κ1) is 26.3. The van der Waals surface area contributed by atoms with Crippen LogP contribution in [0.15, 0.2) is 0 Å². The molecule has 2 aromatic heterocycles.